The number of anilines is 6. The maximum atomic E-state index is 10.6. The highest BCUT2D eigenvalue weighted by Crippen LogP contribution is 2.45. The molecular weight excluding hydrogens is 719 g/mol. The fourth-order valence-corrected chi connectivity index (χ4v) is 8.22. The van der Waals surface area contributed by atoms with Crippen molar-refractivity contribution in [1.29, 1.82) is 5.26 Å². The first kappa shape index (κ1) is 35.2. The molecule has 0 aliphatic rings. The van der Waals surface area contributed by atoms with Crippen LogP contribution in [0.1, 0.15) is 5.56 Å². The average molecular weight is 756 g/mol. The van der Waals surface area contributed by atoms with Crippen LogP contribution < -0.4 is 9.80 Å². The van der Waals surface area contributed by atoms with Crippen LogP contribution in [0.25, 0.3) is 49.7 Å². The van der Waals surface area contributed by atoms with Gasteiger partial charge in [0, 0.05) is 68.4 Å². The predicted molar refractivity (Wildman–Crippen MR) is 244 cm³/mol. The summed E-state index contributed by atoms with van der Waals surface area (Å²) in [6.07, 6.45) is 3.56. The van der Waals surface area contributed by atoms with Crippen molar-refractivity contribution in [3.63, 3.8) is 0 Å². The summed E-state index contributed by atoms with van der Waals surface area (Å²) in [6.45, 7) is 0. The molecule has 0 spiro atoms. The Hall–Kier alpha value is -8.20. The van der Waals surface area contributed by atoms with Crippen LogP contribution in [0.15, 0.2) is 225 Å². The molecule has 0 radical (unpaired) electrons. The minimum absolute atomic E-state index is 0.604. The molecule has 0 saturated heterocycles. The van der Waals surface area contributed by atoms with Crippen molar-refractivity contribution in [2.24, 2.45) is 0 Å². The number of hydrogen-bond donors (Lipinski definition) is 0. The predicted octanol–water partition coefficient (Wildman–Crippen LogP) is 14.3. The second-order valence-electron chi connectivity index (χ2n) is 14.4. The van der Waals surface area contributed by atoms with Crippen molar-refractivity contribution in [3.8, 4) is 34.0 Å². The van der Waals surface area contributed by atoms with Crippen molar-refractivity contribution in [2.75, 3.05) is 9.80 Å². The summed E-state index contributed by atoms with van der Waals surface area (Å²) in [6, 6.07) is 76.7. The molecule has 0 atom stereocenters. The first-order valence-corrected chi connectivity index (χ1v) is 19.7. The summed E-state index contributed by atoms with van der Waals surface area (Å²) < 4.78 is 2.37. The summed E-state index contributed by atoms with van der Waals surface area (Å²) >= 11 is 0. The number of aromatic nitrogens is 2. The normalized spacial score (nSPS) is 11.0. The van der Waals surface area contributed by atoms with Crippen molar-refractivity contribution < 1.29 is 0 Å². The van der Waals surface area contributed by atoms with Gasteiger partial charge in [0.1, 0.15) is 0 Å². The fraction of sp³-hybridized carbons (Fsp3) is 0. The van der Waals surface area contributed by atoms with Crippen LogP contribution in [0.4, 0.5) is 34.1 Å². The van der Waals surface area contributed by atoms with Gasteiger partial charge in [0.05, 0.1) is 28.4 Å². The van der Waals surface area contributed by atoms with Crippen LogP contribution in [0, 0.1) is 11.3 Å². The molecule has 10 rings (SSSR count). The zero-order chi connectivity index (χ0) is 39.5. The fourth-order valence-electron chi connectivity index (χ4n) is 8.22. The molecule has 5 heteroatoms. The maximum absolute atomic E-state index is 10.6. The van der Waals surface area contributed by atoms with E-state index in [0.717, 1.165) is 83.9 Å². The molecule has 0 bridgehead atoms. The Morgan fingerprint density at radius 2 is 0.797 bits per heavy atom. The van der Waals surface area contributed by atoms with E-state index in [1.54, 1.807) is 12.4 Å². The first-order valence-electron chi connectivity index (χ1n) is 19.7. The van der Waals surface area contributed by atoms with Gasteiger partial charge >= 0.3 is 0 Å². The Kier molecular flexibility index (Phi) is 9.19. The lowest BCUT2D eigenvalue weighted by Gasteiger charge is -2.26. The highest BCUT2D eigenvalue weighted by Gasteiger charge is 2.23. The third-order valence-corrected chi connectivity index (χ3v) is 10.9. The molecule has 8 aromatic carbocycles. The van der Waals surface area contributed by atoms with Crippen molar-refractivity contribution in [2.45, 2.75) is 0 Å². The van der Waals surface area contributed by atoms with Gasteiger partial charge in [-0.05, 0) is 120 Å². The Labute approximate surface area is 343 Å². The number of rotatable bonds is 9. The van der Waals surface area contributed by atoms with Crippen molar-refractivity contribution >= 4 is 55.9 Å². The van der Waals surface area contributed by atoms with Crippen LogP contribution in [0.3, 0.4) is 0 Å². The van der Waals surface area contributed by atoms with Crippen LogP contribution in [0.5, 0.6) is 0 Å². The third kappa shape index (κ3) is 6.55. The van der Waals surface area contributed by atoms with Crippen LogP contribution in [-0.4, -0.2) is 9.55 Å². The van der Waals surface area contributed by atoms with Crippen molar-refractivity contribution in [3.05, 3.63) is 230 Å². The standard InChI is InChI=1S/C54H37N5/c55-38-41-34-49(39-16-6-1-7-17-39)54(37-48(41)40-30-32-56-33-31-40)59-52-28-26-46(57(42-18-8-2-9-19-42)43-20-10-3-11-21-43)35-50(52)51-36-47(27-29-53(51)59)58(44-22-12-4-13-23-44)45-24-14-5-15-25-45/h1-37H. The van der Waals surface area contributed by atoms with Crippen LogP contribution in [0.2, 0.25) is 0 Å². The van der Waals surface area contributed by atoms with Gasteiger partial charge in [-0.25, -0.2) is 0 Å². The quantitative estimate of drug-likeness (QED) is 0.147. The molecular formula is C54H37N5. The molecule has 0 saturated carbocycles. The maximum Gasteiger partial charge on any atom is 0.0998 e. The van der Waals surface area contributed by atoms with E-state index in [0.29, 0.717) is 5.56 Å². The zero-order valence-electron chi connectivity index (χ0n) is 32.1. The van der Waals surface area contributed by atoms with Gasteiger partial charge < -0.3 is 14.4 Å². The van der Waals surface area contributed by atoms with Gasteiger partial charge in [0.2, 0.25) is 0 Å². The smallest absolute Gasteiger partial charge is 0.0998 e. The monoisotopic (exact) mass is 755 g/mol. The minimum atomic E-state index is 0.604. The van der Waals surface area contributed by atoms with E-state index in [1.165, 1.54) is 0 Å². The van der Waals surface area contributed by atoms with Crippen LogP contribution in [-0.2, 0) is 0 Å². The highest BCUT2D eigenvalue weighted by atomic mass is 15.1. The molecule has 278 valence electrons. The topological polar surface area (TPSA) is 48.1 Å². The van der Waals surface area contributed by atoms with E-state index in [4.69, 9.17) is 0 Å². The van der Waals surface area contributed by atoms with E-state index in [2.05, 4.69) is 213 Å². The molecule has 0 N–H and O–H groups in total. The summed E-state index contributed by atoms with van der Waals surface area (Å²) in [7, 11) is 0. The number of hydrogen-bond acceptors (Lipinski definition) is 4. The van der Waals surface area contributed by atoms with Gasteiger partial charge in [0.25, 0.3) is 0 Å². The highest BCUT2D eigenvalue weighted by molar-refractivity contribution is 6.12. The lowest BCUT2D eigenvalue weighted by atomic mass is 9.94. The molecule has 0 aliphatic heterocycles. The Balaban J connectivity index is 1.29. The second-order valence-corrected chi connectivity index (χ2v) is 14.4. The van der Waals surface area contributed by atoms with E-state index in [-0.39, 0.29) is 0 Å². The number of para-hydroxylation sites is 4. The van der Waals surface area contributed by atoms with Gasteiger partial charge in [-0.2, -0.15) is 5.26 Å². The van der Waals surface area contributed by atoms with E-state index >= 15 is 0 Å². The zero-order valence-corrected chi connectivity index (χ0v) is 32.1. The number of nitrogens with zero attached hydrogens (tertiary/aromatic N) is 5. The first-order chi connectivity index (χ1) is 29.2. The minimum Gasteiger partial charge on any atom is -0.310 e. The number of nitriles is 1. The molecule has 59 heavy (non-hydrogen) atoms. The summed E-state index contributed by atoms with van der Waals surface area (Å²) in [5.41, 5.74) is 13.8. The average Bonchev–Trinajstić information content (AvgIpc) is 3.63. The molecule has 0 unspecified atom stereocenters. The number of pyridine rings is 1. The molecule has 2 aromatic heterocycles. The Morgan fingerprint density at radius 3 is 1.22 bits per heavy atom. The molecule has 0 amide bonds. The van der Waals surface area contributed by atoms with E-state index in [1.807, 2.05) is 24.3 Å². The molecule has 0 aliphatic carbocycles. The van der Waals surface area contributed by atoms with Gasteiger partial charge in [-0.3, -0.25) is 4.98 Å². The van der Waals surface area contributed by atoms with Crippen molar-refractivity contribution in [1.82, 2.24) is 9.55 Å². The van der Waals surface area contributed by atoms with Gasteiger partial charge in [-0.1, -0.05) is 103 Å². The molecule has 0 fully saturated rings. The SMILES string of the molecule is N#Cc1cc(-c2ccccc2)c(-n2c3ccc(N(c4ccccc4)c4ccccc4)cc3c3cc(N(c4ccccc4)c4ccccc4)ccc32)cc1-c1ccncc1. The molecule has 5 nitrogen and oxygen atoms in total. The third-order valence-electron chi connectivity index (χ3n) is 10.9. The summed E-state index contributed by atoms with van der Waals surface area (Å²) in [4.78, 5) is 8.90. The van der Waals surface area contributed by atoms with E-state index in [9.17, 15) is 5.26 Å². The lowest BCUT2D eigenvalue weighted by molar-refractivity contribution is 1.18. The lowest BCUT2D eigenvalue weighted by Crippen LogP contribution is -2.09. The largest absolute Gasteiger partial charge is 0.310 e. The second kappa shape index (κ2) is 15.4. The molecule has 10 aromatic rings. The summed E-state index contributed by atoms with van der Waals surface area (Å²) in [5.74, 6) is 0. The number of fused-ring (bicyclic) bond motifs is 3. The summed E-state index contributed by atoms with van der Waals surface area (Å²) in [5, 5.41) is 12.8. The Morgan fingerprint density at radius 1 is 0.390 bits per heavy atom. The number of benzene rings is 8. The van der Waals surface area contributed by atoms with Gasteiger partial charge in [-0.15, -0.1) is 0 Å². The van der Waals surface area contributed by atoms with Gasteiger partial charge in [0.15, 0.2) is 0 Å². The molecule has 2 heterocycles. The van der Waals surface area contributed by atoms with E-state index < -0.39 is 0 Å². The Bertz CT molecular complexity index is 2870. The van der Waals surface area contributed by atoms with Crippen LogP contribution >= 0.6 is 0 Å².